The molecule has 0 saturated carbocycles. The highest BCUT2D eigenvalue weighted by molar-refractivity contribution is 6.46. The second-order valence-electron chi connectivity index (χ2n) is 7.42. The molecule has 1 aliphatic heterocycles. The number of carbonyl (C=O) groups is 2. The SMILES string of the molecule is COc1cccc(C(O)=C2C(=O)C(=O)N(CC[NH+](C)C)[C@H]2c2ccccc2OC)c1. The predicted molar refractivity (Wildman–Crippen MR) is 113 cm³/mol. The Morgan fingerprint density at radius 3 is 2.47 bits per heavy atom. The van der Waals surface area contributed by atoms with E-state index in [0.717, 1.165) is 4.90 Å². The largest absolute Gasteiger partial charge is 0.507 e. The number of para-hydroxylation sites is 1. The molecule has 30 heavy (non-hydrogen) atoms. The van der Waals surface area contributed by atoms with Crippen LogP contribution in [0.2, 0.25) is 0 Å². The number of hydrogen-bond acceptors (Lipinski definition) is 5. The van der Waals surface area contributed by atoms with Gasteiger partial charge in [-0.25, -0.2) is 0 Å². The zero-order valence-electron chi connectivity index (χ0n) is 17.6. The first-order valence-corrected chi connectivity index (χ1v) is 9.73. The molecule has 1 atom stereocenters. The lowest BCUT2D eigenvalue weighted by Gasteiger charge is -2.26. The molecule has 2 aromatic carbocycles. The Hall–Kier alpha value is -3.32. The minimum atomic E-state index is -0.744. The van der Waals surface area contributed by atoms with Crippen molar-refractivity contribution in [3.05, 3.63) is 65.2 Å². The van der Waals surface area contributed by atoms with Crippen molar-refractivity contribution in [2.24, 2.45) is 0 Å². The normalized spacial score (nSPS) is 18.2. The minimum Gasteiger partial charge on any atom is -0.507 e. The number of nitrogens with zero attached hydrogens (tertiary/aromatic N) is 1. The summed E-state index contributed by atoms with van der Waals surface area (Å²) in [5.41, 5.74) is 1.11. The van der Waals surface area contributed by atoms with E-state index in [4.69, 9.17) is 9.47 Å². The maximum Gasteiger partial charge on any atom is 0.295 e. The van der Waals surface area contributed by atoms with E-state index in [0.29, 0.717) is 35.7 Å². The fourth-order valence-electron chi connectivity index (χ4n) is 3.60. The summed E-state index contributed by atoms with van der Waals surface area (Å²) >= 11 is 0. The highest BCUT2D eigenvalue weighted by Crippen LogP contribution is 2.42. The Labute approximate surface area is 176 Å². The number of ketones is 1. The van der Waals surface area contributed by atoms with E-state index in [9.17, 15) is 14.7 Å². The molecule has 0 unspecified atom stereocenters. The molecule has 2 N–H and O–H groups in total. The summed E-state index contributed by atoms with van der Waals surface area (Å²) in [6, 6.07) is 13.3. The van der Waals surface area contributed by atoms with Crippen molar-refractivity contribution in [3.8, 4) is 11.5 Å². The molecule has 1 aliphatic rings. The lowest BCUT2D eigenvalue weighted by Crippen LogP contribution is -3.06. The van der Waals surface area contributed by atoms with Crippen LogP contribution in [0.3, 0.4) is 0 Å². The monoisotopic (exact) mass is 411 g/mol. The van der Waals surface area contributed by atoms with Crippen LogP contribution in [-0.4, -0.2) is 63.1 Å². The van der Waals surface area contributed by atoms with Crippen molar-refractivity contribution in [1.29, 1.82) is 0 Å². The summed E-state index contributed by atoms with van der Waals surface area (Å²) < 4.78 is 10.7. The van der Waals surface area contributed by atoms with Crippen LogP contribution in [0.15, 0.2) is 54.1 Å². The van der Waals surface area contributed by atoms with E-state index in [1.807, 2.05) is 32.3 Å². The number of quaternary nitrogens is 1. The first-order chi connectivity index (χ1) is 14.4. The summed E-state index contributed by atoms with van der Waals surface area (Å²) in [6.45, 7) is 1.02. The smallest absolute Gasteiger partial charge is 0.295 e. The van der Waals surface area contributed by atoms with Gasteiger partial charge >= 0.3 is 0 Å². The van der Waals surface area contributed by atoms with Gasteiger partial charge in [-0.2, -0.15) is 0 Å². The maximum atomic E-state index is 13.0. The Morgan fingerprint density at radius 2 is 1.80 bits per heavy atom. The van der Waals surface area contributed by atoms with E-state index in [1.165, 1.54) is 19.1 Å². The number of ether oxygens (including phenoxy) is 2. The summed E-state index contributed by atoms with van der Waals surface area (Å²) in [7, 11) is 7.02. The molecule has 1 saturated heterocycles. The van der Waals surface area contributed by atoms with Gasteiger partial charge in [0.25, 0.3) is 11.7 Å². The van der Waals surface area contributed by atoms with Crippen LogP contribution in [0.1, 0.15) is 17.2 Å². The number of likely N-dealkylation sites (tertiary alicyclic amines) is 1. The van der Waals surface area contributed by atoms with Gasteiger partial charge in [0.1, 0.15) is 17.3 Å². The molecule has 0 aliphatic carbocycles. The Kier molecular flexibility index (Phi) is 6.42. The second kappa shape index (κ2) is 9.00. The van der Waals surface area contributed by atoms with Crippen molar-refractivity contribution < 1.29 is 29.1 Å². The number of aliphatic hydroxyl groups is 1. The lowest BCUT2D eigenvalue weighted by atomic mass is 9.94. The molecule has 1 heterocycles. The molecular formula is C23H27N2O5+. The summed E-state index contributed by atoms with van der Waals surface area (Å²) in [4.78, 5) is 28.6. The highest BCUT2D eigenvalue weighted by Gasteiger charge is 2.47. The van der Waals surface area contributed by atoms with E-state index in [1.54, 1.807) is 30.3 Å². The van der Waals surface area contributed by atoms with Gasteiger partial charge < -0.3 is 24.4 Å². The van der Waals surface area contributed by atoms with E-state index in [2.05, 4.69) is 0 Å². The van der Waals surface area contributed by atoms with Crippen LogP contribution in [-0.2, 0) is 9.59 Å². The first kappa shape index (κ1) is 21.4. The zero-order chi connectivity index (χ0) is 21.8. The van der Waals surface area contributed by atoms with Crippen molar-refractivity contribution in [3.63, 3.8) is 0 Å². The number of carbonyl (C=O) groups excluding carboxylic acids is 2. The fourth-order valence-corrected chi connectivity index (χ4v) is 3.60. The Bertz CT molecular complexity index is 983. The number of amides is 1. The number of methoxy groups -OCH3 is 2. The third-order valence-corrected chi connectivity index (χ3v) is 5.17. The van der Waals surface area contributed by atoms with Gasteiger partial charge in [-0.05, 0) is 18.2 Å². The van der Waals surface area contributed by atoms with Crippen molar-refractivity contribution in [1.82, 2.24) is 4.90 Å². The average Bonchev–Trinajstić information content (AvgIpc) is 3.01. The number of rotatable bonds is 7. The van der Waals surface area contributed by atoms with Crippen LogP contribution >= 0.6 is 0 Å². The number of aliphatic hydroxyl groups excluding tert-OH is 1. The molecular weight excluding hydrogens is 384 g/mol. The zero-order valence-corrected chi connectivity index (χ0v) is 17.6. The van der Waals surface area contributed by atoms with Crippen LogP contribution in [0.25, 0.3) is 5.76 Å². The molecule has 7 nitrogen and oxygen atoms in total. The van der Waals surface area contributed by atoms with E-state index in [-0.39, 0.29) is 11.3 Å². The first-order valence-electron chi connectivity index (χ1n) is 9.73. The number of hydrogen-bond donors (Lipinski definition) is 2. The fraction of sp³-hybridized carbons (Fsp3) is 0.304. The van der Waals surface area contributed by atoms with Crippen molar-refractivity contribution in [2.45, 2.75) is 6.04 Å². The number of nitrogens with one attached hydrogen (secondary N) is 1. The van der Waals surface area contributed by atoms with Gasteiger partial charge in [0.2, 0.25) is 0 Å². The molecule has 0 radical (unpaired) electrons. The van der Waals surface area contributed by atoms with Gasteiger partial charge in [-0.1, -0.05) is 30.3 Å². The Balaban J connectivity index is 2.20. The van der Waals surface area contributed by atoms with E-state index >= 15 is 0 Å². The van der Waals surface area contributed by atoms with E-state index < -0.39 is 17.7 Å². The minimum absolute atomic E-state index is 0.0477. The van der Waals surface area contributed by atoms with Gasteiger partial charge in [0.15, 0.2) is 0 Å². The predicted octanol–water partition coefficient (Wildman–Crippen LogP) is 1.27. The number of Topliss-reactive ketones (excluding diaryl/α,β-unsaturated/α-hetero) is 1. The topological polar surface area (TPSA) is 80.5 Å². The second-order valence-corrected chi connectivity index (χ2v) is 7.42. The van der Waals surface area contributed by atoms with Crippen LogP contribution in [0, 0.1) is 0 Å². The molecule has 158 valence electrons. The summed E-state index contributed by atoms with van der Waals surface area (Å²) in [5.74, 6) is -0.485. The molecule has 3 rings (SSSR count). The summed E-state index contributed by atoms with van der Waals surface area (Å²) in [5, 5.41) is 11.1. The number of benzene rings is 2. The Morgan fingerprint density at radius 1 is 1.07 bits per heavy atom. The maximum absolute atomic E-state index is 13.0. The number of likely N-dealkylation sites (N-methyl/N-ethyl adjacent to an activating group) is 1. The molecule has 7 heteroatoms. The van der Waals surface area contributed by atoms with Gasteiger partial charge in [0.05, 0.1) is 53.0 Å². The van der Waals surface area contributed by atoms with Crippen LogP contribution in [0.4, 0.5) is 0 Å². The quantitative estimate of drug-likeness (QED) is 0.408. The molecule has 0 spiro atoms. The van der Waals surface area contributed by atoms with Gasteiger partial charge in [-0.3, -0.25) is 9.59 Å². The molecule has 2 aromatic rings. The molecule has 1 fully saturated rings. The summed E-state index contributed by atoms with van der Waals surface area (Å²) in [6.07, 6.45) is 0. The molecule has 0 aromatic heterocycles. The van der Waals surface area contributed by atoms with Crippen LogP contribution < -0.4 is 14.4 Å². The standard InChI is InChI=1S/C23H26N2O5/c1-24(2)12-13-25-20(17-10-5-6-11-18(17)30-4)19(22(27)23(25)28)21(26)15-8-7-9-16(14-15)29-3/h5-11,14,20,26H,12-13H2,1-4H3/p+1/t20-/m0/s1. The van der Waals surface area contributed by atoms with Crippen molar-refractivity contribution >= 4 is 17.4 Å². The lowest BCUT2D eigenvalue weighted by molar-refractivity contribution is -0.857. The van der Waals surface area contributed by atoms with Gasteiger partial charge in [0, 0.05) is 11.1 Å². The molecule has 0 bridgehead atoms. The average molecular weight is 411 g/mol. The van der Waals surface area contributed by atoms with Gasteiger partial charge in [-0.15, -0.1) is 0 Å². The molecule has 1 amide bonds. The highest BCUT2D eigenvalue weighted by atomic mass is 16.5. The van der Waals surface area contributed by atoms with Crippen molar-refractivity contribution in [2.75, 3.05) is 41.4 Å². The third-order valence-electron chi connectivity index (χ3n) is 5.17. The van der Waals surface area contributed by atoms with Crippen LogP contribution in [0.5, 0.6) is 11.5 Å². The third kappa shape index (κ3) is 4.02.